The van der Waals surface area contributed by atoms with E-state index in [2.05, 4.69) is 4.98 Å². The third-order valence-electron chi connectivity index (χ3n) is 5.62. The van der Waals surface area contributed by atoms with E-state index in [1.54, 1.807) is 13.1 Å². The van der Waals surface area contributed by atoms with E-state index < -0.39 is 15.4 Å². The third kappa shape index (κ3) is 5.03. The van der Waals surface area contributed by atoms with Crippen LogP contribution in [0.5, 0.6) is 0 Å². The fraction of sp³-hybridized carbons (Fsp3) is 0.455. The minimum absolute atomic E-state index is 0.0735. The van der Waals surface area contributed by atoms with Crippen LogP contribution in [0.3, 0.4) is 0 Å². The molecule has 0 bridgehead atoms. The van der Waals surface area contributed by atoms with Crippen LogP contribution in [0.25, 0.3) is 0 Å². The highest BCUT2D eigenvalue weighted by Gasteiger charge is 2.45. The maximum atomic E-state index is 13.2. The number of rotatable bonds is 8. The molecule has 0 aliphatic carbocycles. The molecule has 1 fully saturated rings. The van der Waals surface area contributed by atoms with Crippen molar-refractivity contribution in [1.82, 2.24) is 9.29 Å². The number of aromatic nitrogens is 1. The van der Waals surface area contributed by atoms with E-state index in [9.17, 15) is 13.2 Å². The highest BCUT2D eigenvalue weighted by Crippen LogP contribution is 2.37. The van der Waals surface area contributed by atoms with Gasteiger partial charge in [0.1, 0.15) is 0 Å². The van der Waals surface area contributed by atoms with Gasteiger partial charge in [-0.25, -0.2) is 12.7 Å². The van der Waals surface area contributed by atoms with Crippen molar-refractivity contribution in [2.75, 3.05) is 25.4 Å². The Bertz CT molecular complexity index is 893. The van der Waals surface area contributed by atoms with Gasteiger partial charge < -0.3 is 4.74 Å². The minimum Gasteiger partial charge on any atom is -0.465 e. The molecule has 0 radical (unpaired) electrons. The highest BCUT2D eigenvalue weighted by atomic mass is 32.2. The predicted molar refractivity (Wildman–Crippen MR) is 112 cm³/mol. The van der Waals surface area contributed by atoms with Gasteiger partial charge in [0, 0.05) is 25.5 Å². The first-order chi connectivity index (χ1) is 14.0. The first-order valence-corrected chi connectivity index (χ1v) is 11.7. The first kappa shape index (κ1) is 21.5. The van der Waals surface area contributed by atoms with Crippen LogP contribution < -0.4 is 0 Å². The van der Waals surface area contributed by atoms with Crippen LogP contribution in [0, 0.1) is 0 Å². The van der Waals surface area contributed by atoms with E-state index in [1.165, 1.54) is 4.31 Å². The zero-order valence-corrected chi connectivity index (χ0v) is 17.6. The standard InChI is InChI=1S/C22H28N2O4S/c1-2-29(26,27)24-15-12-22(13-16-24,20-10-4-3-5-11-20)21(25)28-17-7-9-19-8-6-14-23-18-19/h3-6,8,10-11,14,18H,2,7,9,12-13,15-17H2,1H3. The van der Waals surface area contributed by atoms with E-state index in [4.69, 9.17) is 4.74 Å². The summed E-state index contributed by atoms with van der Waals surface area (Å²) in [4.78, 5) is 17.3. The zero-order chi connectivity index (χ0) is 20.7. The second-order valence-corrected chi connectivity index (χ2v) is 9.61. The summed E-state index contributed by atoms with van der Waals surface area (Å²) in [5, 5.41) is 0. The van der Waals surface area contributed by atoms with Gasteiger partial charge in [0.05, 0.1) is 17.8 Å². The number of nitrogens with zero attached hydrogens (tertiary/aromatic N) is 2. The van der Waals surface area contributed by atoms with E-state index in [-0.39, 0.29) is 11.7 Å². The van der Waals surface area contributed by atoms with E-state index in [0.717, 1.165) is 24.0 Å². The van der Waals surface area contributed by atoms with Crippen LogP contribution in [0.4, 0.5) is 0 Å². The Hall–Kier alpha value is -2.25. The number of carbonyl (C=O) groups excluding carboxylic acids is 1. The van der Waals surface area contributed by atoms with Crippen molar-refractivity contribution in [3.8, 4) is 0 Å². The molecule has 1 aromatic heterocycles. The molecule has 0 saturated carbocycles. The normalized spacial score (nSPS) is 17.0. The number of esters is 1. The van der Waals surface area contributed by atoms with E-state index >= 15 is 0 Å². The second kappa shape index (κ2) is 9.50. The van der Waals surface area contributed by atoms with Crippen molar-refractivity contribution in [2.24, 2.45) is 0 Å². The van der Waals surface area contributed by atoms with Gasteiger partial charge in [-0.2, -0.15) is 0 Å². The number of sulfonamides is 1. The Labute approximate surface area is 173 Å². The van der Waals surface area contributed by atoms with Gasteiger partial charge in [0.15, 0.2) is 0 Å². The minimum atomic E-state index is -3.26. The molecule has 7 heteroatoms. The van der Waals surface area contributed by atoms with Gasteiger partial charge in [-0.15, -0.1) is 0 Å². The summed E-state index contributed by atoms with van der Waals surface area (Å²) in [5.74, 6) is -0.187. The predicted octanol–water partition coefficient (Wildman–Crippen LogP) is 2.94. The monoisotopic (exact) mass is 416 g/mol. The lowest BCUT2D eigenvalue weighted by Gasteiger charge is -2.39. The number of piperidine rings is 1. The van der Waals surface area contributed by atoms with Gasteiger partial charge >= 0.3 is 5.97 Å². The molecular formula is C22H28N2O4S. The molecule has 1 aliphatic heterocycles. The van der Waals surface area contributed by atoms with E-state index in [1.807, 2.05) is 48.7 Å². The SMILES string of the molecule is CCS(=O)(=O)N1CCC(C(=O)OCCCc2cccnc2)(c2ccccc2)CC1. The number of benzene rings is 1. The quantitative estimate of drug-likeness (QED) is 0.488. The van der Waals surface area contributed by atoms with Crippen molar-refractivity contribution in [3.63, 3.8) is 0 Å². The van der Waals surface area contributed by atoms with Gasteiger partial charge in [-0.05, 0) is 49.8 Å². The Morgan fingerprint density at radius 3 is 2.48 bits per heavy atom. The third-order valence-corrected chi connectivity index (χ3v) is 7.50. The fourth-order valence-electron chi connectivity index (χ4n) is 3.82. The maximum Gasteiger partial charge on any atom is 0.316 e. The molecule has 1 saturated heterocycles. The van der Waals surface area contributed by atoms with Gasteiger partial charge in [0.2, 0.25) is 10.0 Å². The summed E-state index contributed by atoms with van der Waals surface area (Å²) in [6.07, 6.45) is 5.92. The van der Waals surface area contributed by atoms with Gasteiger partial charge in [0.25, 0.3) is 0 Å². The lowest BCUT2D eigenvalue weighted by atomic mass is 9.73. The molecule has 6 nitrogen and oxygen atoms in total. The molecule has 1 aromatic carbocycles. The van der Waals surface area contributed by atoms with Crippen LogP contribution in [-0.4, -0.2) is 49.1 Å². The Balaban J connectivity index is 1.67. The summed E-state index contributed by atoms with van der Waals surface area (Å²) in [6.45, 7) is 2.63. The Kier molecular flexibility index (Phi) is 7.03. The smallest absolute Gasteiger partial charge is 0.316 e. The molecule has 156 valence electrons. The molecule has 0 atom stereocenters. The number of ether oxygens (including phenoxy) is 1. The second-order valence-electron chi connectivity index (χ2n) is 7.35. The number of carbonyl (C=O) groups is 1. The summed E-state index contributed by atoms with van der Waals surface area (Å²) < 4.78 is 31.6. The van der Waals surface area contributed by atoms with Crippen LogP contribution in [0.1, 0.15) is 37.3 Å². The first-order valence-electron chi connectivity index (χ1n) is 10.1. The largest absolute Gasteiger partial charge is 0.465 e. The van der Waals surface area contributed by atoms with Crippen LogP contribution in [0.15, 0.2) is 54.9 Å². The summed E-state index contributed by atoms with van der Waals surface area (Å²) >= 11 is 0. The summed E-state index contributed by atoms with van der Waals surface area (Å²) in [6, 6.07) is 13.5. The highest BCUT2D eigenvalue weighted by molar-refractivity contribution is 7.89. The average molecular weight is 417 g/mol. The maximum absolute atomic E-state index is 13.2. The summed E-state index contributed by atoms with van der Waals surface area (Å²) in [5.41, 5.74) is 1.21. The summed E-state index contributed by atoms with van der Waals surface area (Å²) in [7, 11) is -3.26. The zero-order valence-electron chi connectivity index (χ0n) is 16.8. The van der Waals surface area contributed by atoms with E-state index in [0.29, 0.717) is 32.5 Å². The number of aryl methyl sites for hydroxylation is 1. The van der Waals surface area contributed by atoms with Crippen LogP contribution >= 0.6 is 0 Å². The van der Waals surface area contributed by atoms with Gasteiger partial charge in [-0.1, -0.05) is 36.4 Å². The molecule has 0 amide bonds. The number of hydrogen-bond acceptors (Lipinski definition) is 5. The van der Waals surface area contributed by atoms with Crippen molar-refractivity contribution in [2.45, 2.75) is 38.0 Å². The topological polar surface area (TPSA) is 76.6 Å². The molecule has 0 spiro atoms. The molecule has 29 heavy (non-hydrogen) atoms. The van der Waals surface area contributed by atoms with Crippen molar-refractivity contribution < 1.29 is 17.9 Å². The average Bonchev–Trinajstić information content (AvgIpc) is 2.78. The molecule has 1 aliphatic rings. The lowest BCUT2D eigenvalue weighted by Crippen LogP contribution is -2.50. The molecule has 2 heterocycles. The Morgan fingerprint density at radius 1 is 1.14 bits per heavy atom. The lowest BCUT2D eigenvalue weighted by molar-refractivity contribution is -0.152. The molecular weight excluding hydrogens is 388 g/mol. The number of hydrogen-bond donors (Lipinski definition) is 0. The molecule has 0 N–H and O–H groups in total. The van der Waals surface area contributed by atoms with Crippen molar-refractivity contribution >= 4 is 16.0 Å². The van der Waals surface area contributed by atoms with Crippen LogP contribution in [0.2, 0.25) is 0 Å². The fourth-order valence-corrected chi connectivity index (χ4v) is 4.93. The molecule has 3 rings (SSSR count). The van der Waals surface area contributed by atoms with Crippen molar-refractivity contribution in [1.29, 1.82) is 0 Å². The number of pyridine rings is 1. The molecule has 0 unspecified atom stereocenters. The Morgan fingerprint density at radius 2 is 1.86 bits per heavy atom. The molecule has 2 aromatic rings. The van der Waals surface area contributed by atoms with Crippen LogP contribution in [-0.2, 0) is 31.4 Å². The van der Waals surface area contributed by atoms with Crippen molar-refractivity contribution in [3.05, 3.63) is 66.0 Å². The van der Waals surface area contributed by atoms with Gasteiger partial charge in [-0.3, -0.25) is 9.78 Å².